The van der Waals surface area contributed by atoms with Crippen LogP contribution in [0.3, 0.4) is 0 Å². The zero-order valence-corrected chi connectivity index (χ0v) is 11.6. The van der Waals surface area contributed by atoms with Gasteiger partial charge in [-0.1, -0.05) is 20.8 Å². The van der Waals surface area contributed by atoms with Gasteiger partial charge in [-0.25, -0.2) is 4.98 Å². The van der Waals surface area contributed by atoms with Gasteiger partial charge in [0.25, 0.3) is 0 Å². The minimum atomic E-state index is 0.187. The molecule has 1 aromatic rings. The number of Topliss-reactive ketones (excluding diaryl/α,β-unsaturated/α-hetero) is 1. The van der Waals surface area contributed by atoms with Crippen LogP contribution in [-0.2, 0) is 11.3 Å². The van der Waals surface area contributed by atoms with E-state index in [1.807, 2.05) is 6.92 Å². The molecule has 0 spiro atoms. The van der Waals surface area contributed by atoms with E-state index in [1.54, 1.807) is 11.3 Å². The van der Waals surface area contributed by atoms with E-state index in [-0.39, 0.29) is 5.92 Å². The third kappa shape index (κ3) is 3.13. The van der Waals surface area contributed by atoms with Crippen molar-refractivity contribution < 1.29 is 4.79 Å². The number of aromatic nitrogens is 1. The molecular formula is C13H20N2OS. The minimum Gasteiger partial charge on any atom is -0.299 e. The Labute approximate surface area is 107 Å². The molecule has 0 radical (unpaired) electrons. The Hall–Kier alpha value is -0.740. The molecule has 1 aliphatic heterocycles. The number of hydrogen-bond donors (Lipinski definition) is 0. The predicted octanol–water partition coefficient (Wildman–Crippen LogP) is 2.68. The minimum absolute atomic E-state index is 0.187. The van der Waals surface area contributed by atoms with Crippen molar-refractivity contribution in [2.75, 3.05) is 13.1 Å². The first-order valence-corrected chi connectivity index (χ1v) is 7.13. The normalized spacial score (nSPS) is 22.4. The maximum atomic E-state index is 11.4. The van der Waals surface area contributed by atoms with Crippen LogP contribution < -0.4 is 0 Å². The van der Waals surface area contributed by atoms with Crippen LogP contribution >= 0.6 is 11.3 Å². The molecule has 0 bridgehead atoms. The van der Waals surface area contributed by atoms with Gasteiger partial charge in [0.1, 0.15) is 5.78 Å². The van der Waals surface area contributed by atoms with Crippen LogP contribution in [0.2, 0.25) is 0 Å². The molecule has 3 nitrogen and oxygen atoms in total. The number of thiazole rings is 1. The van der Waals surface area contributed by atoms with Gasteiger partial charge in [-0.3, -0.25) is 9.69 Å². The number of carbonyl (C=O) groups is 1. The number of rotatable bonds is 3. The average molecular weight is 252 g/mol. The van der Waals surface area contributed by atoms with Gasteiger partial charge >= 0.3 is 0 Å². The number of nitrogens with zero attached hydrogens (tertiary/aromatic N) is 2. The average Bonchev–Trinajstić information content (AvgIpc) is 2.72. The zero-order valence-electron chi connectivity index (χ0n) is 10.8. The first-order valence-electron chi connectivity index (χ1n) is 6.25. The Morgan fingerprint density at radius 2 is 2.35 bits per heavy atom. The van der Waals surface area contributed by atoms with E-state index in [1.165, 1.54) is 5.01 Å². The summed E-state index contributed by atoms with van der Waals surface area (Å²) in [6.45, 7) is 9.02. The molecule has 0 saturated carbocycles. The van der Waals surface area contributed by atoms with Crippen molar-refractivity contribution in [2.24, 2.45) is 5.92 Å². The Morgan fingerprint density at radius 3 is 2.94 bits per heavy atom. The van der Waals surface area contributed by atoms with E-state index in [0.29, 0.717) is 18.1 Å². The van der Waals surface area contributed by atoms with Crippen molar-refractivity contribution in [3.8, 4) is 0 Å². The van der Waals surface area contributed by atoms with Crippen molar-refractivity contribution in [3.05, 3.63) is 16.1 Å². The molecule has 94 valence electrons. The van der Waals surface area contributed by atoms with Gasteiger partial charge in [-0.15, -0.1) is 11.3 Å². The van der Waals surface area contributed by atoms with Crippen molar-refractivity contribution >= 4 is 17.1 Å². The van der Waals surface area contributed by atoms with E-state index in [0.717, 1.165) is 25.3 Å². The van der Waals surface area contributed by atoms with Crippen molar-refractivity contribution in [1.29, 1.82) is 0 Å². The molecule has 0 amide bonds. The second-order valence-corrected chi connectivity index (χ2v) is 6.07. The Balaban J connectivity index is 1.94. The molecule has 17 heavy (non-hydrogen) atoms. The highest BCUT2D eigenvalue weighted by atomic mass is 32.1. The molecule has 1 aromatic heterocycles. The summed E-state index contributed by atoms with van der Waals surface area (Å²) >= 11 is 1.74. The molecule has 2 heterocycles. The van der Waals surface area contributed by atoms with E-state index >= 15 is 0 Å². The third-order valence-electron chi connectivity index (χ3n) is 3.21. The molecule has 1 fully saturated rings. The van der Waals surface area contributed by atoms with Gasteiger partial charge in [-0.05, 0) is 0 Å². The molecule has 0 aliphatic carbocycles. The third-order valence-corrected chi connectivity index (χ3v) is 4.40. The number of likely N-dealkylation sites (tertiary alicyclic amines) is 1. The van der Waals surface area contributed by atoms with Gasteiger partial charge in [0, 0.05) is 43.3 Å². The summed E-state index contributed by atoms with van der Waals surface area (Å²) in [5.74, 6) is 1.10. The molecule has 1 atom stereocenters. The number of piperidine rings is 1. The molecular weight excluding hydrogens is 232 g/mol. The fraction of sp³-hybridized carbons (Fsp3) is 0.692. The summed E-state index contributed by atoms with van der Waals surface area (Å²) in [4.78, 5) is 18.4. The molecule has 1 aliphatic rings. The van der Waals surface area contributed by atoms with Crippen LogP contribution in [0.25, 0.3) is 0 Å². The molecule has 1 unspecified atom stereocenters. The lowest BCUT2D eigenvalue weighted by molar-refractivity contribution is -0.125. The summed E-state index contributed by atoms with van der Waals surface area (Å²) < 4.78 is 0. The maximum absolute atomic E-state index is 11.4. The second-order valence-electron chi connectivity index (χ2n) is 5.18. The largest absolute Gasteiger partial charge is 0.299 e. The van der Waals surface area contributed by atoms with Crippen LogP contribution in [0.1, 0.15) is 43.8 Å². The summed E-state index contributed by atoms with van der Waals surface area (Å²) in [7, 11) is 0. The van der Waals surface area contributed by atoms with Gasteiger partial charge in [-0.2, -0.15) is 0 Å². The predicted molar refractivity (Wildman–Crippen MR) is 70.3 cm³/mol. The molecule has 2 rings (SSSR count). The van der Waals surface area contributed by atoms with Crippen LogP contribution in [-0.4, -0.2) is 28.8 Å². The van der Waals surface area contributed by atoms with Gasteiger partial charge in [0.05, 0.1) is 10.7 Å². The van der Waals surface area contributed by atoms with Crippen LogP contribution in [0, 0.1) is 5.92 Å². The topological polar surface area (TPSA) is 33.2 Å². The highest BCUT2D eigenvalue weighted by Gasteiger charge is 2.23. The van der Waals surface area contributed by atoms with E-state index in [2.05, 4.69) is 29.1 Å². The smallest absolute Gasteiger partial charge is 0.138 e. The lowest BCUT2D eigenvalue weighted by Crippen LogP contribution is -2.39. The quantitative estimate of drug-likeness (QED) is 0.829. The monoisotopic (exact) mass is 252 g/mol. The zero-order chi connectivity index (χ0) is 12.4. The van der Waals surface area contributed by atoms with Crippen LogP contribution in [0.4, 0.5) is 0 Å². The highest BCUT2D eigenvalue weighted by Crippen LogP contribution is 2.21. The Kier molecular flexibility index (Phi) is 3.94. The number of ketones is 1. The number of hydrogen-bond acceptors (Lipinski definition) is 4. The van der Waals surface area contributed by atoms with Gasteiger partial charge in [0.15, 0.2) is 0 Å². The molecule has 0 aromatic carbocycles. The van der Waals surface area contributed by atoms with Gasteiger partial charge in [0.2, 0.25) is 0 Å². The molecule has 1 saturated heterocycles. The first-order chi connectivity index (χ1) is 8.06. The van der Waals surface area contributed by atoms with Gasteiger partial charge < -0.3 is 0 Å². The summed E-state index contributed by atoms with van der Waals surface area (Å²) in [5, 5.41) is 3.36. The van der Waals surface area contributed by atoms with Crippen LogP contribution in [0.5, 0.6) is 0 Å². The lowest BCUT2D eigenvalue weighted by atomic mass is 9.98. The fourth-order valence-corrected chi connectivity index (χ4v) is 2.95. The Morgan fingerprint density at radius 1 is 1.59 bits per heavy atom. The van der Waals surface area contributed by atoms with E-state index in [9.17, 15) is 4.79 Å². The number of carbonyl (C=O) groups excluding carboxylic acids is 1. The standard InChI is InChI=1S/C13H20N2OS/c1-9(2)13-14-11(8-17-13)7-15-5-4-12(16)10(3)6-15/h8-10H,4-7H2,1-3H3. The summed E-state index contributed by atoms with van der Waals surface area (Å²) in [6, 6.07) is 0. The summed E-state index contributed by atoms with van der Waals surface area (Å²) in [5.41, 5.74) is 1.15. The van der Waals surface area contributed by atoms with E-state index < -0.39 is 0 Å². The summed E-state index contributed by atoms with van der Waals surface area (Å²) in [6.07, 6.45) is 0.697. The van der Waals surface area contributed by atoms with Crippen molar-refractivity contribution in [2.45, 2.75) is 39.7 Å². The molecule has 0 N–H and O–H groups in total. The fourth-order valence-electron chi connectivity index (χ4n) is 2.13. The highest BCUT2D eigenvalue weighted by molar-refractivity contribution is 7.09. The Bertz CT molecular complexity index is 400. The SMILES string of the molecule is CC1CN(Cc2csc(C(C)C)n2)CCC1=O. The van der Waals surface area contributed by atoms with Crippen molar-refractivity contribution in [3.63, 3.8) is 0 Å². The second kappa shape index (κ2) is 5.27. The van der Waals surface area contributed by atoms with E-state index in [4.69, 9.17) is 0 Å². The first kappa shape index (κ1) is 12.7. The lowest BCUT2D eigenvalue weighted by Gasteiger charge is -2.29. The maximum Gasteiger partial charge on any atom is 0.138 e. The van der Waals surface area contributed by atoms with Crippen molar-refractivity contribution in [1.82, 2.24) is 9.88 Å². The molecule has 4 heteroatoms. The van der Waals surface area contributed by atoms with Crippen LogP contribution in [0.15, 0.2) is 5.38 Å².